The summed E-state index contributed by atoms with van der Waals surface area (Å²) < 4.78 is 0. The van der Waals surface area contributed by atoms with Gasteiger partial charge in [0, 0.05) is 12.1 Å². The highest BCUT2D eigenvalue weighted by Crippen LogP contribution is 2.08. The zero-order valence-corrected chi connectivity index (χ0v) is 11.3. The SMILES string of the molecule is CCCCCNC(=O)c1ccc2c(=O)[nH][nH]c(=O)c2c1. The molecule has 0 aliphatic heterocycles. The van der Waals surface area contributed by atoms with Crippen molar-refractivity contribution in [2.75, 3.05) is 6.54 Å². The lowest BCUT2D eigenvalue weighted by molar-refractivity contribution is 0.0953. The fourth-order valence-electron chi connectivity index (χ4n) is 2.00. The van der Waals surface area contributed by atoms with Crippen LogP contribution in [0.1, 0.15) is 36.5 Å². The fraction of sp³-hybridized carbons (Fsp3) is 0.357. The Morgan fingerprint density at radius 2 is 1.80 bits per heavy atom. The van der Waals surface area contributed by atoms with Crippen LogP contribution >= 0.6 is 0 Å². The number of rotatable bonds is 5. The minimum absolute atomic E-state index is 0.218. The van der Waals surface area contributed by atoms with E-state index in [1.54, 1.807) is 6.07 Å². The topological polar surface area (TPSA) is 94.8 Å². The smallest absolute Gasteiger partial charge is 0.270 e. The number of fused-ring (bicyclic) bond motifs is 1. The lowest BCUT2D eigenvalue weighted by atomic mass is 10.1. The van der Waals surface area contributed by atoms with Gasteiger partial charge < -0.3 is 5.32 Å². The largest absolute Gasteiger partial charge is 0.352 e. The van der Waals surface area contributed by atoms with Crippen LogP contribution in [0.2, 0.25) is 0 Å². The predicted molar refractivity (Wildman–Crippen MR) is 77.0 cm³/mol. The first-order chi connectivity index (χ1) is 9.63. The number of nitrogens with one attached hydrogen (secondary N) is 3. The molecule has 1 aromatic heterocycles. The molecule has 0 aliphatic rings. The molecule has 0 atom stereocenters. The van der Waals surface area contributed by atoms with Crippen molar-refractivity contribution in [3.05, 3.63) is 44.5 Å². The Balaban J connectivity index is 2.23. The van der Waals surface area contributed by atoms with Gasteiger partial charge in [-0.15, -0.1) is 0 Å². The fourth-order valence-corrected chi connectivity index (χ4v) is 2.00. The highest BCUT2D eigenvalue weighted by atomic mass is 16.2. The van der Waals surface area contributed by atoms with E-state index < -0.39 is 5.56 Å². The highest BCUT2D eigenvalue weighted by molar-refractivity contribution is 5.98. The molecule has 20 heavy (non-hydrogen) atoms. The van der Waals surface area contributed by atoms with Crippen LogP contribution in [0.25, 0.3) is 10.8 Å². The summed E-state index contributed by atoms with van der Waals surface area (Å²) in [6.45, 7) is 2.70. The molecule has 0 spiro atoms. The maximum absolute atomic E-state index is 11.9. The maximum atomic E-state index is 11.9. The first kappa shape index (κ1) is 14.0. The van der Waals surface area contributed by atoms with E-state index in [1.807, 2.05) is 0 Å². The number of H-pyrrole nitrogens is 2. The molecule has 3 N–H and O–H groups in total. The Labute approximate surface area is 115 Å². The number of carbonyl (C=O) groups excluding carboxylic acids is 1. The van der Waals surface area contributed by atoms with Crippen LogP contribution < -0.4 is 16.4 Å². The predicted octanol–water partition coefficient (Wildman–Crippen LogP) is 1.14. The Bertz CT molecular complexity index is 730. The van der Waals surface area contributed by atoms with Crippen molar-refractivity contribution in [1.29, 1.82) is 0 Å². The normalized spacial score (nSPS) is 10.7. The minimum atomic E-state index is -0.416. The van der Waals surface area contributed by atoms with Gasteiger partial charge >= 0.3 is 0 Å². The molecule has 0 aliphatic carbocycles. The molecule has 106 valence electrons. The molecule has 6 heteroatoms. The van der Waals surface area contributed by atoms with Crippen LogP contribution in [0.4, 0.5) is 0 Å². The summed E-state index contributed by atoms with van der Waals surface area (Å²) in [5.41, 5.74) is -0.417. The summed E-state index contributed by atoms with van der Waals surface area (Å²) in [4.78, 5) is 35.1. The van der Waals surface area contributed by atoms with Crippen LogP contribution in [0, 0.1) is 0 Å². The third-order valence-electron chi connectivity index (χ3n) is 3.13. The zero-order chi connectivity index (χ0) is 14.5. The average molecular weight is 275 g/mol. The van der Waals surface area contributed by atoms with Crippen LogP contribution in [-0.2, 0) is 0 Å². The van der Waals surface area contributed by atoms with E-state index in [1.165, 1.54) is 12.1 Å². The third-order valence-corrected chi connectivity index (χ3v) is 3.13. The van der Waals surface area contributed by atoms with Crippen LogP contribution in [0.15, 0.2) is 27.8 Å². The Morgan fingerprint density at radius 3 is 2.50 bits per heavy atom. The number of hydrogen-bond acceptors (Lipinski definition) is 3. The van der Waals surface area contributed by atoms with Crippen molar-refractivity contribution >= 4 is 16.7 Å². The number of unbranched alkanes of at least 4 members (excludes halogenated alkanes) is 2. The van der Waals surface area contributed by atoms with Gasteiger partial charge in [0.1, 0.15) is 0 Å². The minimum Gasteiger partial charge on any atom is -0.352 e. The molecular formula is C14H17N3O3. The number of amides is 1. The third kappa shape index (κ3) is 2.96. The molecule has 2 aromatic rings. The van der Waals surface area contributed by atoms with Gasteiger partial charge in [0.25, 0.3) is 17.0 Å². The first-order valence-electron chi connectivity index (χ1n) is 6.66. The van der Waals surface area contributed by atoms with Gasteiger partial charge in [0.2, 0.25) is 0 Å². The summed E-state index contributed by atoms with van der Waals surface area (Å²) in [5, 5.41) is 7.78. The number of aromatic nitrogens is 2. The van der Waals surface area contributed by atoms with E-state index in [9.17, 15) is 14.4 Å². The van der Waals surface area contributed by atoms with Crippen LogP contribution in [0.3, 0.4) is 0 Å². The van der Waals surface area contributed by atoms with Crippen molar-refractivity contribution in [1.82, 2.24) is 15.5 Å². The Morgan fingerprint density at radius 1 is 1.10 bits per heavy atom. The van der Waals surface area contributed by atoms with Gasteiger partial charge in [-0.3, -0.25) is 24.6 Å². The van der Waals surface area contributed by atoms with Gasteiger partial charge in [-0.05, 0) is 24.6 Å². The van der Waals surface area contributed by atoms with E-state index in [0.29, 0.717) is 12.1 Å². The summed E-state index contributed by atoms with van der Waals surface area (Å²) >= 11 is 0. The second-order valence-corrected chi connectivity index (χ2v) is 4.63. The van der Waals surface area contributed by atoms with E-state index in [2.05, 4.69) is 22.4 Å². The van der Waals surface area contributed by atoms with Gasteiger partial charge in [0.15, 0.2) is 0 Å². The number of benzene rings is 1. The summed E-state index contributed by atoms with van der Waals surface area (Å²) in [6, 6.07) is 4.48. The quantitative estimate of drug-likeness (QED) is 0.714. The molecule has 2 rings (SSSR count). The Kier molecular flexibility index (Phi) is 4.34. The monoisotopic (exact) mass is 275 g/mol. The van der Waals surface area contributed by atoms with Crippen molar-refractivity contribution in [2.45, 2.75) is 26.2 Å². The molecular weight excluding hydrogens is 258 g/mol. The van der Waals surface area contributed by atoms with Crippen molar-refractivity contribution in [2.24, 2.45) is 0 Å². The maximum Gasteiger partial charge on any atom is 0.270 e. The lowest BCUT2D eigenvalue weighted by Gasteiger charge is -2.05. The summed E-state index contributed by atoms with van der Waals surface area (Å²) in [7, 11) is 0. The lowest BCUT2D eigenvalue weighted by Crippen LogP contribution is -2.25. The molecule has 0 unspecified atom stereocenters. The molecule has 0 bridgehead atoms. The van der Waals surface area contributed by atoms with Gasteiger partial charge in [-0.1, -0.05) is 19.8 Å². The summed E-state index contributed by atoms with van der Waals surface area (Å²) in [6.07, 6.45) is 3.08. The molecule has 0 fully saturated rings. The molecule has 0 radical (unpaired) electrons. The Hall–Kier alpha value is -2.37. The second-order valence-electron chi connectivity index (χ2n) is 4.63. The first-order valence-corrected chi connectivity index (χ1v) is 6.66. The van der Waals surface area contributed by atoms with Crippen molar-refractivity contribution < 1.29 is 4.79 Å². The van der Waals surface area contributed by atoms with E-state index >= 15 is 0 Å². The summed E-state index contributed by atoms with van der Waals surface area (Å²) in [5.74, 6) is -0.234. The van der Waals surface area contributed by atoms with Gasteiger partial charge in [-0.25, -0.2) is 0 Å². The van der Waals surface area contributed by atoms with Crippen molar-refractivity contribution in [3.8, 4) is 0 Å². The number of hydrogen-bond donors (Lipinski definition) is 3. The van der Waals surface area contributed by atoms with Crippen LogP contribution in [-0.4, -0.2) is 22.6 Å². The van der Waals surface area contributed by atoms with E-state index in [-0.39, 0.29) is 22.2 Å². The molecule has 6 nitrogen and oxygen atoms in total. The number of aromatic amines is 2. The molecule has 1 aromatic carbocycles. The van der Waals surface area contributed by atoms with Gasteiger partial charge in [0.05, 0.1) is 10.8 Å². The second kappa shape index (κ2) is 6.18. The average Bonchev–Trinajstić information content (AvgIpc) is 2.47. The molecule has 0 saturated heterocycles. The number of carbonyl (C=O) groups is 1. The molecule has 1 amide bonds. The van der Waals surface area contributed by atoms with Crippen LogP contribution in [0.5, 0.6) is 0 Å². The van der Waals surface area contributed by atoms with E-state index in [4.69, 9.17) is 0 Å². The molecule has 0 saturated carbocycles. The zero-order valence-electron chi connectivity index (χ0n) is 11.3. The van der Waals surface area contributed by atoms with E-state index in [0.717, 1.165) is 19.3 Å². The standard InChI is InChI=1S/C14H17N3O3/c1-2-3-4-7-15-12(18)9-5-6-10-11(8-9)14(20)17-16-13(10)19/h5-6,8H,2-4,7H2,1H3,(H,15,18)(H,16,19)(H,17,20). The highest BCUT2D eigenvalue weighted by Gasteiger charge is 2.09. The molecule has 1 heterocycles. The van der Waals surface area contributed by atoms with Crippen molar-refractivity contribution in [3.63, 3.8) is 0 Å². The van der Waals surface area contributed by atoms with Gasteiger partial charge in [-0.2, -0.15) is 0 Å².